The lowest BCUT2D eigenvalue weighted by Gasteiger charge is -2.20. The number of rotatable bonds is 9. The highest BCUT2D eigenvalue weighted by Crippen LogP contribution is 2.30. The van der Waals surface area contributed by atoms with Crippen molar-refractivity contribution in [1.82, 2.24) is 5.01 Å². The van der Waals surface area contributed by atoms with E-state index in [9.17, 15) is 4.79 Å². The number of nitrogens with one attached hydrogen (secondary N) is 1. The van der Waals surface area contributed by atoms with Crippen LogP contribution in [0.5, 0.6) is 11.5 Å². The zero-order valence-electron chi connectivity index (χ0n) is 18.1. The third-order valence-corrected chi connectivity index (χ3v) is 6.16. The number of amides is 1. The van der Waals surface area contributed by atoms with Gasteiger partial charge in [-0.3, -0.25) is 10.2 Å². The standard InChI is InChI=1S/C24H23ClN4O3S/c1-2-3-8-21-28-29-22(26)18(23(30)27-24(29)33-21)15-16-9-11-17(12-10-16)31-13-14-32-20-7-5-4-6-19(20)25/h4-7,9-12,15,26H,2-3,8,13-14H2,1H3. The molecule has 1 amide bonds. The fourth-order valence-electron chi connectivity index (χ4n) is 3.16. The highest BCUT2D eigenvalue weighted by Gasteiger charge is 2.35. The number of para-hydroxylation sites is 1. The molecule has 33 heavy (non-hydrogen) atoms. The monoisotopic (exact) mass is 482 g/mol. The molecule has 170 valence electrons. The Balaban J connectivity index is 1.35. The van der Waals surface area contributed by atoms with Crippen LogP contribution in [0.3, 0.4) is 0 Å². The van der Waals surface area contributed by atoms with Crippen LogP contribution in [-0.4, -0.2) is 40.2 Å². The second-order valence-electron chi connectivity index (χ2n) is 7.31. The molecule has 0 atom stereocenters. The van der Waals surface area contributed by atoms with Crippen molar-refractivity contribution in [2.24, 2.45) is 10.1 Å². The Bertz CT molecular complexity index is 1140. The molecule has 0 saturated heterocycles. The second-order valence-corrected chi connectivity index (χ2v) is 8.76. The number of fused-ring (bicyclic) bond motifs is 1. The first-order chi connectivity index (χ1) is 16.0. The molecular formula is C24H23ClN4O3S. The number of nitrogens with zero attached hydrogens (tertiary/aromatic N) is 3. The summed E-state index contributed by atoms with van der Waals surface area (Å²) in [6.45, 7) is 2.83. The molecule has 0 unspecified atom stereocenters. The van der Waals surface area contributed by atoms with Crippen molar-refractivity contribution in [3.8, 4) is 11.5 Å². The first kappa shape index (κ1) is 23.1. The minimum atomic E-state index is -0.428. The lowest BCUT2D eigenvalue weighted by atomic mass is 10.1. The number of amidine groups is 2. The van der Waals surface area contributed by atoms with Gasteiger partial charge in [-0.25, -0.2) is 0 Å². The Morgan fingerprint density at radius 2 is 1.88 bits per heavy atom. The van der Waals surface area contributed by atoms with E-state index in [0.29, 0.717) is 34.9 Å². The Labute approximate surface area is 201 Å². The quantitative estimate of drug-likeness (QED) is 0.371. The maximum absolute atomic E-state index is 12.5. The van der Waals surface area contributed by atoms with Gasteiger partial charge in [-0.15, -0.1) is 0 Å². The Morgan fingerprint density at radius 3 is 2.64 bits per heavy atom. The molecule has 1 N–H and O–H groups in total. The molecule has 0 saturated carbocycles. The summed E-state index contributed by atoms with van der Waals surface area (Å²) in [5.74, 6) is 0.906. The number of hydrogen-bond donors (Lipinski definition) is 1. The molecule has 0 radical (unpaired) electrons. The van der Waals surface area contributed by atoms with Crippen LogP contribution in [0.25, 0.3) is 6.08 Å². The molecule has 0 fully saturated rings. The van der Waals surface area contributed by atoms with E-state index in [1.807, 2.05) is 24.3 Å². The second kappa shape index (κ2) is 10.7. The van der Waals surface area contributed by atoms with Crippen molar-refractivity contribution >= 4 is 51.4 Å². The van der Waals surface area contributed by atoms with Gasteiger partial charge in [-0.1, -0.05) is 49.2 Å². The van der Waals surface area contributed by atoms with Crippen molar-refractivity contribution in [1.29, 1.82) is 5.41 Å². The SMILES string of the molecule is CCCCC1=NN2C(=N)C(=Cc3ccc(OCCOc4ccccc4Cl)cc3)C(=O)N=C2S1. The predicted octanol–water partition coefficient (Wildman–Crippen LogP) is 5.61. The van der Waals surface area contributed by atoms with Gasteiger partial charge in [0.15, 0.2) is 5.84 Å². The molecule has 2 heterocycles. The van der Waals surface area contributed by atoms with Gasteiger partial charge in [0.2, 0.25) is 5.17 Å². The van der Waals surface area contributed by atoms with Gasteiger partial charge in [-0.05, 0) is 60.5 Å². The summed E-state index contributed by atoms with van der Waals surface area (Å²) in [4.78, 5) is 16.6. The topological polar surface area (TPSA) is 87.3 Å². The van der Waals surface area contributed by atoms with E-state index in [1.165, 1.54) is 16.8 Å². The van der Waals surface area contributed by atoms with E-state index in [4.69, 9.17) is 26.5 Å². The van der Waals surface area contributed by atoms with E-state index in [1.54, 1.807) is 30.3 Å². The van der Waals surface area contributed by atoms with Gasteiger partial charge in [0.05, 0.1) is 10.6 Å². The van der Waals surface area contributed by atoms with Gasteiger partial charge in [0, 0.05) is 0 Å². The summed E-state index contributed by atoms with van der Waals surface area (Å²) in [7, 11) is 0. The van der Waals surface area contributed by atoms with Crippen LogP contribution in [0.4, 0.5) is 0 Å². The Hall–Kier alpha value is -3.10. The average molecular weight is 483 g/mol. The van der Waals surface area contributed by atoms with E-state index in [0.717, 1.165) is 29.9 Å². The molecule has 0 bridgehead atoms. The number of benzene rings is 2. The number of thioether (sulfide) groups is 1. The molecule has 2 aromatic carbocycles. The summed E-state index contributed by atoms with van der Waals surface area (Å²) in [5, 5.41) is 16.3. The van der Waals surface area contributed by atoms with Crippen LogP contribution >= 0.6 is 23.4 Å². The zero-order valence-corrected chi connectivity index (χ0v) is 19.7. The summed E-state index contributed by atoms with van der Waals surface area (Å²) < 4.78 is 11.3. The maximum atomic E-state index is 12.5. The number of aliphatic imine (C=N–C) groups is 1. The van der Waals surface area contributed by atoms with E-state index in [2.05, 4.69) is 17.0 Å². The molecule has 4 rings (SSSR count). The highest BCUT2D eigenvalue weighted by molar-refractivity contribution is 8.26. The Kier molecular flexibility index (Phi) is 7.47. The number of halogens is 1. The fraction of sp³-hybridized carbons (Fsp3) is 0.250. The van der Waals surface area contributed by atoms with Crippen molar-refractivity contribution in [3.63, 3.8) is 0 Å². The highest BCUT2D eigenvalue weighted by atomic mass is 35.5. The first-order valence-corrected chi connectivity index (χ1v) is 11.8. The van der Waals surface area contributed by atoms with E-state index in [-0.39, 0.29) is 11.4 Å². The number of unbranched alkanes of at least 4 members (excludes halogenated alkanes) is 1. The van der Waals surface area contributed by atoms with Crippen molar-refractivity contribution < 1.29 is 14.3 Å². The number of hydrogen-bond acceptors (Lipinski definition) is 6. The van der Waals surface area contributed by atoms with Crippen molar-refractivity contribution in [2.75, 3.05) is 13.2 Å². The van der Waals surface area contributed by atoms with Crippen LogP contribution in [0.1, 0.15) is 31.7 Å². The summed E-state index contributed by atoms with van der Waals surface area (Å²) in [5.41, 5.74) is 0.977. The molecule has 2 aromatic rings. The third-order valence-electron chi connectivity index (χ3n) is 4.88. The van der Waals surface area contributed by atoms with Crippen LogP contribution in [0.15, 0.2) is 64.2 Å². The van der Waals surface area contributed by atoms with Crippen molar-refractivity contribution in [2.45, 2.75) is 26.2 Å². The van der Waals surface area contributed by atoms with E-state index < -0.39 is 5.91 Å². The summed E-state index contributed by atoms with van der Waals surface area (Å²) in [6.07, 6.45) is 4.54. The predicted molar refractivity (Wildman–Crippen MR) is 133 cm³/mol. The lowest BCUT2D eigenvalue weighted by Crippen LogP contribution is -2.35. The number of ether oxygens (including phenoxy) is 2. The molecule has 7 nitrogen and oxygen atoms in total. The van der Waals surface area contributed by atoms with Crippen LogP contribution in [-0.2, 0) is 4.79 Å². The maximum Gasteiger partial charge on any atom is 0.283 e. The number of hydrazone groups is 1. The molecule has 0 aliphatic carbocycles. The van der Waals surface area contributed by atoms with Crippen molar-refractivity contribution in [3.05, 3.63) is 64.7 Å². The molecule has 9 heteroatoms. The average Bonchev–Trinajstić information content (AvgIpc) is 3.23. The number of carbonyl (C=O) groups is 1. The first-order valence-electron chi connectivity index (χ1n) is 10.6. The molecule has 2 aliphatic rings. The Morgan fingerprint density at radius 1 is 1.12 bits per heavy atom. The molecular weight excluding hydrogens is 460 g/mol. The van der Waals surface area contributed by atoms with Gasteiger partial charge >= 0.3 is 0 Å². The third kappa shape index (κ3) is 5.64. The molecule has 0 aromatic heterocycles. The van der Waals surface area contributed by atoms with Crippen LogP contribution in [0, 0.1) is 5.41 Å². The summed E-state index contributed by atoms with van der Waals surface area (Å²) >= 11 is 7.43. The van der Waals surface area contributed by atoms with Gasteiger partial charge in [0.1, 0.15) is 29.8 Å². The van der Waals surface area contributed by atoms with Crippen LogP contribution in [0.2, 0.25) is 5.02 Å². The molecule has 2 aliphatic heterocycles. The van der Waals surface area contributed by atoms with Gasteiger partial charge in [-0.2, -0.15) is 15.1 Å². The minimum absolute atomic E-state index is 0.0426. The van der Waals surface area contributed by atoms with E-state index >= 15 is 0 Å². The fourth-order valence-corrected chi connectivity index (χ4v) is 4.28. The summed E-state index contributed by atoms with van der Waals surface area (Å²) in [6, 6.07) is 14.5. The van der Waals surface area contributed by atoms with Crippen LogP contribution < -0.4 is 9.47 Å². The minimum Gasteiger partial charge on any atom is -0.490 e. The van der Waals surface area contributed by atoms with Gasteiger partial charge in [0.25, 0.3) is 5.91 Å². The largest absolute Gasteiger partial charge is 0.490 e. The van der Waals surface area contributed by atoms with Gasteiger partial charge < -0.3 is 9.47 Å². The smallest absolute Gasteiger partial charge is 0.283 e. The zero-order chi connectivity index (χ0) is 23.2. The lowest BCUT2D eigenvalue weighted by molar-refractivity contribution is -0.114. The molecule has 0 spiro atoms. The normalized spacial score (nSPS) is 16.5. The number of carbonyl (C=O) groups excluding carboxylic acids is 1.